The number of aromatic nitrogens is 3. The zero-order valence-corrected chi connectivity index (χ0v) is 48.8. The molecule has 438 valence electrons. The van der Waals surface area contributed by atoms with E-state index in [1.165, 1.54) is 17.9 Å². The zero-order valence-electron chi connectivity index (χ0n) is 47.2. The molecule has 22 heteroatoms. The maximum Gasteiger partial charge on any atom is 0.246 e. The molecular formula is C61H69ClFN9O10S. The van der Waals surface area contributed by atoms with E-state index in [4.69, 9.17) is 35.5 Å². The van der Waals surface area contributed by atoms with E-state index in [9.17, 15) is 29.4 Å². The number of fused-ring (bicyclic) bond motifs is 2. The number of halogens is 2. The summed E-state index contributed by atoms with van der Waals surface area (Å²) in [4.78, 5) is 73.1. The second kappa shape index (κ2) is 26.8. The molecule has 0 radical (unpaired) electrons. The van der Waals surface area contributed by atoms with Crippen molar-refractivity contribution < 1.29 is 52.7 Å². The van der Waals surface area contributed by atoms with E-state index in [1.54, 1.807) is 52.6 Å². The van der Waals surface area contributed by atoms with Crippen LogP contribution >= 0.6 is 22.9 Å². The van der Waals surface area contributed by atoms with Crippen LogP contribution in [0.15, 0.2) is 96.5 Å². The van der Waals surface area contributed by atoms with Crippen molar-refractivity contribution in [2.45, 2.75) is 72.2 Å². The Kier molecular flexibility index (Phi) is 19.4. The van der Waals surface area contributed by atoms with Gasteiger partial charge in [0, 0.05) is 62.7 Å². The van der Waals surface area contributed by atoms with Gasteiger partial charge in [0.1, 0.15) is 48.1 Å². The first-order chi connectivity index (χ1) is 39.8. The van der Waals surface area contributed by atoms with Crippen molar-refractivity contribution in [1.82, 2.24) is 35.4 Å². The average Bonchev–Trinajstić information content (AvgIpc) is 4.23. The molecule has 2 aliphatic heterocycles. The smallest absolute Gasteiger partial charge is 0.246 e. The molecule has 0 spiro atoms. The molecule has 0 saturated carbocycles. The van der Waals surface area contributed by atoms with Crippen molar-refractivity contribution >= 4 is 85.7 Å². The summed E-state index contributed by atoms with van der Waals surface area (Å²) in [6, 6.07) is 24.8. The number of piperazine rings is 1. The van der Waals surface area contributed by atoms with E-state index in [0.29, 0.717) is 59.8 Å². The fraction of sp³-hybridized carbons (Fsp3) is 0.393. The summed E-state index contributed by atoms with van der Waals surface area (Å²) in [5, 5.41) is 32.3. The number of phenols is 1. The predicted molar refractivity (Wildman–Crippen MR) is 318 cm³/mol. The number of thiazole rings is 1. The number of aryl methyl sites for hydroxylation is 1. The first-order valence-electron chi connectivity index (χ1n) is 27.6. The monoisotopic (exact) mass is 1170 g/mol. The Morgan fingerprint density at radius 1 is 0.855 bits per heavy atom. The summed E-state index contributed by atoms with van der Waals surface area (Å²) in [5.74, 6) is -0.926. The standard InChI is InChI=1S/C61H69ClFN9O10S/c1-36(39-11-13-40(14-12-39)55-37(2)64-35-83-55)65-58(77)50-31-44(75)33-72(50)59(78)56(61(4,5)6)67-51(76)34-81-26-25-79-23-24-80-27-28-82-45-17-15-42(16-18-45)66-60-68-54-48(57(69-60)71-21-19-70(20-22-71)38(3)73)32-49(62)52(53(54)63)47-30-43(74)29-41-9-7-8-10-46(41)47/h7-18,29-30,32,35-36,44,50,56,74-75H,19-28,31,33-34H2,1-6H3,(H,65,77)(H,67,76)(H,66,68,69)/t36-,44+,50-,56+/m0/s1. The number of aromatic hydroxyl groups is 1. The number of hydrogen-bond donors (Lipinski definition) is 5. The molecule has 0 unspecified atom stereocenters. The zero-order chi connectivity index (χ0) is 59.0. The summed E-state index contributed by atoms with van der Waals surface area (Å²) >= 11 is 8.47. The highest BCUT2D eigenvalue weighted by atomic mass is 35.5. The Balaban J connectivity index is 0.704. The molecule has 2 saturated heterocycles. The molecule has 2 aromatic heterocycles. The second-order valence-corrected chi connectivity index (χ2v) is 22.9. The predicted octanol–water partition coefficient (Wildman–Crippen LogP) is 8.59. The van der Waals surface area contributed by atoms with E-state index in [2.05, 4.69) is 25.9 Å². The summed E-state index contributed by atoms with van der Waals surface area (Å²) in [6.45, 7) is 13.7. The minimum Gasteiger partial charge on any atom is -0.508 e. The minimum atomic E-state index is -1.00. The van der Waals surface area contributed by atoms with Gasteiger partial charge in [0.15, 0.2) is 5.82 Å². The van der Waals surface area contributed by atoms with Crippen LogP contribution in [0.2, 0.25) is 5.02 Å². The number of hydrogen-bond acceptors (Lipinski definition) is 16. The van der Waals surface area contributed by atoms with Crippen LogP contribution in [-0.2, 0) is 33.4 Å². The molecule has 9 rings (SSSR count). The van der Waals surface area contributed by atoms with Gasteiger partial charge >= 0.3 is 0 Å². The van der Waals surface area contributed by atoms with Gasteiger partial charge in [-0.3, -0.25) is 19.2 Å². The van der Waals surface area contributed by atoms with E-state index in [0.717, 1.165) is 27.1 Å². The molecule has 2 aliphatic rings. The number of benzene rings is 5. The topological polar surface area (TPSA) is 230 Å². The molecule has 7 aromatic rings. The first-order valence-corrected chi connectivity index (χ1v) is 28.8. The third kappa shape index (κ3) is 14.6. The summed E-state index contributed by atoms with van der Waals surface area (Å²) in [5.41, 5.74) is 5.11. The SMILES string of the molecule is CC(=O)N1CCN(c2nc(Nc3ccc(OCCOCCOCCOCC(=O)N[C@H](C(=O)N4C[C@H](O)C[C@H]4C(=O)N[C@@H](C)c4ccc(-c5scnc5C)cc4)C(C)(C)C)cc3)nc3c(F)c(-c4cc(O)cc5ccccc45)c(Cl)cc23)CC1. The van der Waals surface area contributed by atoms with Gasteiger partial charge in [0.05, 0.1) is 66.3 Å². The number of nitrogens with one attached hydrogen (secondary N) is 3. The number of aliphatic hydroxyl groups excluding tert-OH is 1. The number of ether oxygens (including phenoxy) is 4. The van der Waals surface area contributed by atoms with E-state index in [-0.39, 0.29) is 99.0 Å². The van der Waals surface area contributed by atoms with Gasteiger partial charge in [0.25, 0.3) is 0 Å². The number of likely N-dealkylation sites (tertiary alicyclic amines) is 1. The number of carbonyl (C=O) groups is 4. The maximum absolute atomic E-state index is 17.1. The van der Waals surface area contributed by atoms with E-state index >= 15 is 4.39 Å². The Labute approximate surface area is 490 Å². The van der Waals surface area contributed by atoms with Crippen molar-refractivity contribution in [3.63, 3.8) is 0 Å². The fourth-order valence-corrected chi connectivity index (χ4v) is 11.4. The van der Waals surface area contributed by atoms with Crippen LogP contribution < -0.4 is 25.6 Å². The summed E-state index contributed by atoms with van der Waals surface area (Å²) in [7, 11) is 0. The van der Waals surface area contributed by atoms with Crippen molar-refractivity contribution in [3.05, 3.63) is 119 Å². The highest BCUT2D eigenvalue weighted by molar-refractivity contribution is 7.13. The molecule has 2 fully saturated rings. The van der Waals surface area contributed by atoms with Crippen LogP contribution in [-0.4, -0.2) is 156 Å². The molecular weight excluding hydrogens is 1110 g/mol. The van der Waals surface area contributed by atoms with Crippen molar-refractivity contribution in [2.75, 3.05) is 89.2 Å². The Morgan fingerprint density at radius 3 is 2.22 bits per heavy atom. The van der Waals surface area contributed by atoms with Gasteiger partial charge < -0.3 is 59.8 Å². The van der Waals surface area contributed by atoms with Crippen molar-refractivity contribution in [2.24, 2.45) is 5.41 Å². The largest absolute Gasteiger partial charge is 0.508 e. The molecule has 5 aromatic carbocycles. The maximum atomic E-state index is 17.1. The first kappa shape index (κ1) is 60.1. The summed E-state index contributed by atoms with van der Waals surface area (Å²) in [6.07, 6.45) is -0.833. The number of carbonyl (C=O) groups excluding carboxylic acids is 4. The van der Waals surface area contributed by atoms with Gasteiger partial charge in [-0.05, 0) is 89.2 Å². The number of amides is 4. The molecule has 19 nitrogen and oxygen atoms in total. The highest BCUT2D eigenvalue weighted by Crippen LogP contribution is 2.43. The molecule has 4 heterocycles. The average molecular weight is 1170 g/mol. The lowest BCUT2D eigenvalue weighted by atomic mass is 9.85. The van der Waals surface area contributed by atoms with Gasteiger partial charge in [-0.1, -0.05) is 80.9 Å². The number of aliphatic hydroxyl groups is 1. The number of β-amino-alcohol motifs (C(OH)–C–C–N with tert-alkyl or cyclic N) is 1. The molecule has 0 bridgehead atoms. The van der Waals surface area contributed by atoms with Crippen LogP contribution in [0.5, 0.6) is 11.5 Å². The van der Waals surface area contributed by atoms with Crippen molar-refractivity contribution in [3.8, 4) is 33.1 Å². The lowest BCUT2D eigenvalue weighted by molar-refractivity contribution is -0.144. The van der Waals surface area contributed by atoms with Crippen LogP contribution in [0.25, 0.3) is 43.2 Å². The van der Waals surface area contributed by atoms with Crippen molar-refractivity contribution in [1.29, 1.82) is 0 Å². The molecule has 4 atom stereocenters. The van der Waals surface area contributed by atoms with Crippen LogP contribution in [0.4, 0.5) is 21.8 Å². The van der Waals surface area contributed by atoms with Gasteiger partial charge in [0.2, 0.25) is 29.6 Å². The third-order valence-electron chi connectivity index (χ3n) is 14.6. The quantitative estimate of drug-likeness (QED) is 0.0400. The second-order valence-electron chi connectivity index (χ2n) is 21.7. The minimum absolute atomic E-state index is 0.0269. The van der Waals surface area contributed by atoms with Gasteiger partial charge in [-0.15, -0.1) is 11.3 Å². The fourth-order valence-electron chi connectivity index (χ4n) is 10.3. The molecule has 4 amide bonds. The van der Waals surface area contributed by atoms with E-state index < -0.39 is 47.1 Å². The summed E-state index contributed by atoms with van der Waals surface area (Å²) < 4.78 is 39.8. The Hall–Kier alpha value is -7.53. The van der Waals surface area contributed by atoms with E-state index in [1.807, 2.05) is 93.6 Å². The lowest BCUT2D eigenvalue weighted by Gasteiger charge is -2.35. The van der Waals surface area contributed by atoms with Crippen LogP contribution in [0, 0.1) is 18.2 Å². The lowest BCUT2D eigenvalue weighted by Crippen LogP contribution is -2.58. The van der Waals surface area contributed by atoms with Gasteiger partial charge in [-0.25, -0.2) is 14.4 Å². The normalized spacial score (nSPS) is 16.3. The molecule has 5 N–H and O–H groups in total. The number of anilines is 3. The number of nitrogens with zero attached hydrogens (tertiary/aromatic N) is 6. The number of phenolic OH excluding ortho intramolecular Hbond substituents is 1. The Bertz CT molecular complexity index is 3450. The number of rotatable bonds is 22. The third-order valence-corrected chi connectivity index (χ3v) is 15.9. The Morgan fingerprint density at radius 2 is 1.54 bits per heavy atom. The van der Waals surface area contributed by atoms with Crippen LogP contribution in [0.3, 0.4) is 0 Å². The molecule has 0 aliphatic carbocycles. The van der Waals surface area contributed by atoms with Crippen LogP contribution in [0.1, 0.15) is 58.3 Å². The highest BCUT2D eigenvalue weighted by Gasteiger charge is 2.45. The molecule has 83 heavy (non-hydrogen) atoms. The van der Waals surface area contributed by atoms with Gasteiger partial charge in [-0.2, -0.15) is 4.98 Å².